The minimum absolute atomic E-state index is 0.233. The van der Waals surface area contributed by atoms with Gasteiger partial charge in [0, 0.05) is 0 Å². The number of sulfone groups is 1. The van der Waals surface area contributed by atoms with Gasteiger partial charge < -0.3 is 0 Å². The van der Waals surface area contributed by atoms with Crippen LogP contribution >= 0.6 is 0 Å². The molecule has 0 saturated heterocycles. The van der Waals surface area contributed by atoms with Crippen LogP contribution in [0.15, 0.2) is 35.2 Å². The third-order valence-corrected chi connectivity index (χ3v) is 3.51. The highest BCUT2D eigenvalue weighted by Gasteiger charge is 2.10. The summed E-state index contributed by atoms with van der Waals surface area (Å²) in [6, 6.07) is 8.55. The normalized spacial score (nSPS) is 11.4. The Morgan fingerprint density at radius 2 is 1.75 bits per heavy atom. The lowest BCUT2D eigenvalue weighted by molar-refractivity contribution is 0.594. The summed E-state index contributed by atoms with van der Waals surface area (Å²) < 4.78 is 22.9. The van der Waals surface area contributed by atoms with E-state index in [9.17, 15) is 8.42 Å². The molecule has 0 N–H and O–H groups in total. The molecule has 0 atom stereocenters. The van der Waals surface area contributed by atoms with Crippen molar-refractivity contribution in [2.75, 3.05) is 5.75 Å². The molecule has 66 valence electrons. The van der Waals surface area contributed by atoms with Crippen molar-refractivity contribution < 1.29 is 8.42 Å². The molecule has 0 heterocycles. The third-order valence-electron chi connectivity index (χ3n) is 1.58. The number of rotatable bonds is 3. The van der Waals surface area contributed by atoms with Gasteiger partial charge in [0.25, 0.3) is 0 Å². The molecule has 0 bridgehead atoms. The molecule has 3 heteroatoms. The monoisotopic (exact) mass is 184 g/mol. The first-order valence-electron chi connectivity index (χ1n) is 3.94. The van der Waals surface area contributed by atoms with E-state index in [4.69, 9.17) is 0 Å². The number of hydrogen-bond donors (Lipinski definition) is 0. The van der Waals surface area contributed by atoms with Gasteiger partial charge in [0.1, 0.15) is 0 Å². The van der Waals surface area contributed by atoms with Crippen LogP contribution in [0.25, 0.3) is 0 Å². The molecule has 0 aromatic heterocycles. The maximum Gasteiger partial charge on any atom is 0.178 e. The molecular formula is C9H12O2S. The number of hydrogen-bond acceptors (Lipinski definition) is 2. The topological polar surface area (TPSA) is 34.1 Å². The Kier molecular flexibility index (Phi) is 2.87. The van der Waals surface area contributed by atoms with Crippen molar-refractivity contribution in [2.45, 2.75) is 18.2 Å². The van der Waals surface area contributed by atoms with E-state index in [-0.39, 0.29) is 5.75 Å². The van der Waals surface area contributed by atoms with Gasteiger partial charge in [-0.25, -0.2) is 8.42 Å². The molecule has 0 radical (unpaired) electrons. The largest absolute Gasteiger partial charge is 0.224 e. The van der Waals surface area contributed by atoms with Gasteiger partial charge in [-0.1, -0.05) is 25.1 Å². The highest BCUT2D eigenvalue weighted by molar-refractivity contribution is 7.91. The van der Waals surface area contributed by atoms with E-state index in [2.05, 4.69) is 0 Å². The summed E-state index contributed by atoms with van der Waals surface area (Å²) in [5.41, 5.74) is 0. The van der Waals surface area contributed by atoms with Crippen molar-refractivity contribution in [3.05, 3.63) is 30.3 Å². The Balaban J connectivity index is 2.99. The molecule has 1 rings (SSSR count). The molecule has 0 aliphatic heterocycles. The first kappa shape index (κ1) is 9.26. The van der Waals surface area contributed by atoms with E-state index >= 15 is 0 Å². The molecular weight excluding hydrogens is 172 g/mol. The highest BCUT2D eigenvalue weighted by Crippen LogP contribution is 2.10. The van der Waals surface area contributed by atoms with Crippen LogP contribution in [0.5, 0.6) is 0 Å². The summed E-state index contributed by atoms with van der Waals surface area (Å²) in [6.45, 7) is 1.86. The molecule has 0 spiro atoms. The lowest BCUT2D eigenvalue weighted by Gasteiger charge is -2.00. The van der Waals surface area contributed by atoms with Gasteiger partial charge in [-0.2, -0.15) is 0 Å². The molecule has 0 amide bonds. The van der Waals surface area contributed by atoms with Crippen molar-refractivity contribution in [1.82, 2.24) is 0 Å². The van der Waals surface area contributed by atoms with Crippen LogP contribution in [0.1, 0.15) is 13.3 Å². The molecule has 1 aromatic rings. The van der Waals surface area contributed by atoms with Crippen LogP contribution in [0.4, 0.5) is 0 Å². The smallest absolute Gasteiger partial charge is 0.178 e. The molecule has 2 nitrogen and oxygen atoms in total. The van der Waals surface area contributed by atoms with Crippen LogP contribution in [-0.4, -0.2) is 14.2 Å². The second-order valence-electron chi connectivity index (χ2n) is 2.63. The average Bonchev–Trinajstić information content (AvgIpc) is 2.06. The second-order valence-corrected chi connectivity index (χ2v) is 4.74. The van der Waals surface area contributed by atoms with E-state index < -0.39 is 9.84 Å². The van der Waals surface area contributed by atoms with Crippen molar-refractivity contribution in [3.63, 3.8) is 0 Å². The van der Waals surface area contributed by atoms with Gasteiger partial charge in [0.15, 0.2) is 9.84 Å². The van der Waals surface area contributed by atoms with E-state index in [0.29, 0.717) is 11.3 Å². The van der Waals surface area contributed by atoms with Crippen molar-refractivity contribution >= 4 is 9.84 Å². The summed E-state index contributed by atoms with van der Waals surface area (Å²) in [4.78, 5) is 0.423. The standard InChI is InChI=1S/C9H12O2S/c1-2-8-12(10,11)9-6-4-3-5-7-9/h3-7H,2,8H2,1H3. The summed E-state index contributed by atoms with van der Waals surface area (Å²) in [7, 11) is -3.01. The van der Waals surface area contributed by atoms with Gasteiger partial charge in [0.2, 0.25) is 0 Å². The van der Waals surface area contributed by atoms with E-state index in [0.717, 1.165) is 0 Å². The van der Waals surface area contributed by atoms with E-state index in [1.54, 1.807) is 24.3 Å². The Morgan fingerprint density at radius 1 is 1.17 bits per heavy atom. The highest BCUT2D eigenvalue weighted by atomic mass is 32.2. The van der Waals surface area contributed by atoms with Gasteiger partial charge >= 0.3 is 0 Å². The summed E-state index contributed by atoms with van der Waals surface area (Å²) >= 11 is 0. The fourth-order valence-corrected chi connectivity index (χ4v) is 2.36. The van der Waals surface area contributed by atoms with Crippen molar-refractivity contribution in [1.29, 1.82) is 0 Å². The van der Waals surface area contributed by atoms with Crippen molar-refractivity contribution in [2.24, 2.45) is 0 Å². The minimum Gasteiger partial charge on any atom is -0.224 e. The summed E-state index contributed by atoms with van der Waals surface area (Å²) in [5, 5.41) is 0. The predicted octanol–water partition coefficient (Wildman–Crippen LogP) is 1.87. The first-order chi connectivity index (χ1) is 5.67. The molecule has 0 fully saturated rings. The zero-order valence-corrected chi connectivity index (χ0v) is 7.84. The van der Waals surface area contributed by atoms with Crippen molar-refractivity contribution in [3.8, 4) is 0 Å². The molecule has 0 aliphatic carbocycles. The van der Waals surface area contributed by atoms with Gasteiger partial charge in [-0.3, -0.25) is 0 Å². The van der Waals surface area contributed by atoms with E-state index in [1.165, 1.54) is 0 Å². The van der Waals surface area contributed by atoms with Crippen LogP contribution in [-0.2, 0) is 9.84 Å². The summed E-state index contributed by atoms with van der Waals surface area (Å²) in [6.07, 6.45) is 0.664. The van der Waals surface area contributed by atoms with Crippen LogP contribution in [0.2, 0.25) is 0 Å². The molecule has 0 aliphatic rings. The predicted molar refractivity (Wildman–Crippen MR) is 48.8 cm³/mol. The van der Waals surface area contributed by atoms with Crippen LogP contribution < -0.4 is 0 Å². The Morgan fingerprint density at radius 3 is 2.25 bits per heavy atom. The fourth-order valence-electron chi connectivity index (χ4n) is 1.01. The quantitative estimate of drug-likeness (QED) is 0.718. The number of benzene rings is 1. The minimum atomic E-state index is -3.01. The first-order valence-corrected chi connectivity index (χ1v) is 5.60. The molecule has 0 unspecified atom stereocenters. The maximum absolute atomic E-state index is 11.4. The van der Waals surface area contributed by atoms with Crippen LogP contribution in [0, 0.1) is 0 Å². The molecule has 12 heavy (non-hydrogen) atoms. The van der Waals surface area contributed by atoms with Gasteiger partial charge in [-0.05, 0) is 18.6 Å². The SMILES string of the molecule is CCCS(=O)(=O)c1ccccc1. The Bertz CT molecular complexity index is 327. The molecule has 0 saturated carbocycles. The van der Waals surface area contributed by atoms with Crippen LogP contribution in [0.3, 0.4) is 0 Å². The zero-order chi connectivity index (χ0) is 9.03. The lowest BCUT2D eigenvalue weighted by atomic mass is 10.4. The van der Waals surface area contributed by atoms with E-state index in [1.807, 2.05) is 13.0 Å². The van der Waals surface area contributed by atoms with Gasteiger partial charge in [-0.15, -0.1) is 0 Å². The van der Waals surface area contributed by atoms with Gasteiger partial charge in [0.05, 0.1) is 10.6 Å². The maximum atomic E-state index is 11.4. The second kappa shape index (κ2) is 3.72. The average molecular weight is 184 g/mol. The fraction of sp³-hybridized carbons (Fsp3) is 0.333. The zero-order valence-electron chi connectivity index (χ0n) is 7.03. The molecule has 1 aromatic carbocycles. The Labute approximate surface area is 73.2 Å². The third kappa shape index (κ3) is 2.08. The lowest BCUT2D eigenvalue weighted by Crippen LogP contribution is -2.05. The summed E-state index contributed by atoms with van der Waals surface area (Å²) in [5.74, 6) is 0.233. The Hall–Kier alpha value is -0.830.